The van der Waals surface area contributed by atoms with Gasteiger partial charge in [0.15, 0.2) is 0 Å². The highest BCUT2D eigenvalue weighted by Crippen LogP contribution is 2.12. The van der Waals surface area contributed by atoms with Crippen LogP contribution in [0, 0.1) is 0 Å². The molecule has 0 saturated heterocycles. The molecule has 0 aromatic heterocycles. The molecule has 0 spiro atoms. The summed E-state index contributed by atoms with van der Waals surface area (Å²) >= 11 is 3.25. The van der Waals surface area contributed by atoms with Gasteiger partial charge in [-0.3, -0.25) is 4.79 Å². The lowest BCUT2D eigenvalue weighted by atomic mass is 10.2. The minimum atomic E-state index is 0.120. The van der Waals surface area contributed by atoms with E-state index in [-0.39, 0.29) is 5.91 Å². The smallest absolute Gasteiger partial charge is 0.220 e. The first-order valence-corrected chi connectivity index (χ1v) is 7.52. The second-order valence-corrected chi connectivity index (χ2v) is 4.85. The molecule has 3 nitrogen and oxygen atoms in total. The Morgan fingerprint density at radius 3 is 2.67 bits per heavy atom. The van der Waals surface area contributed by atoms with E-state index in [1.165, 1.54) is 5.69 Å². The maximum absolute atomic E-state index is 11.3. The molecular weight excluding hydrogens is 292 g/mol. The average molecular weight is 313 g/mol. The number of hydrogen-bond acceptors (Lipinski definition) is 2. The van der Waals surface area contributed by atoms with Crippen LogP contribution in [0.15, 0.2) is 30.3 Å². The lowest BCUT2D eigenvalue weighted by Gasteiger charge is -2.23. The predicted octanol–water partition coefficient (Wildman–Crippen LogP) is 2.80. The van der Waals surface area contributed by atoms with Crippen LogP contribution in [0.25, 0.3) is 0 Å². The van der Waals surface area contributed by atoms with Crippen molar-refractivity contribution in [3.63, 3.8) is 0 Å². The number of nitrogens with one attached hydrogen (secondary N) is 1. The van der Waals surface area contributed by atoms with Crippen LogP contribution in [0.5, 0.6) is 0 Å². The van der Waals surface area contributed by atoms with E-state index in [1.807, 2.05) is 6.07 Å². The molecule has 1 aromatic carbocycles. The second kappa shape index (κ2) is 8.97. The van der Waals surface area contributed by atoms with Gasteiger partial charge in [0.1, 0.15) is 0 Å². The number of nitrogens with zero attached hydrogens (tertiary/aromatic N) is 1. The number of para-hydroxylation sites is 1. The molecule has 18 heavy (non-hydrogen) atoms. The van der Waals surface area contributed by atoms with Crippen molar-refractivity contribution in [2.24, 2.45) is 0 Å². The van der Waals surface area contributed by atoms with Crippen molar-refractivity contribution >= 4 is 27.5 Å². The van der Waals surface area contributed by atoms with Crippen LogP contribution in [-0.4, -0.2) is 30.9 Å². The van der Waals surface area contributed by atoms with Gasteiger partial charge < -0.3 is 10.2 Å². The van der Waals surface area contributed by atoms with Crippen molar-refractivity contribution in [2.45, 2.75) is 19.8 Å². The van der Waals surface area contributed by atoms with Crippen molar-refractivity contribution in [1.82, 2.24) is 5.32 Å². The molecule has 0 aliphatic carbocycles. The van der Waals surface area contributed by atoms with Gasteiger partial charge in [-0.05, 0) is 25.5 Å². The first-order valence-electron chi connectivity index (χ1n) is 6.40. The molecule has 0 aliphatic heterocycles. The van der Waals surface area contributed by atoms with E-state index in [9.17, 15) is 4.79 Å². The Bertz CT molecular complexity index is 343. The van der Waals surface area contributed by atoms with Crippen molar-refractivity contribution in [1.29, 1.82) is 0 Å². The van der Waals surface area contributed by atoms with E-state index in [2.05, 4.69) is 57.3 Å². The number of anilines is 1. The molecule has 0 fully saturated rings. The summed E-state index contributed by atoms with van der Waals surface area (Å²) in [6.07, 6.45) is 1.52. The van der Waals surface area contributed by atoms with Crippen LogP contribution >= 0.6 is 15.9 Å². The molecule has 0 unspecified atom stereocenters. The highest BCUT2D eigenvalue weighted by Gasteiger charge is 2.03. The van der Waals surface area contributed by atoms with E-state index < -0.39 is 0 Å². The van der Waals surface area contributed by atoms with Crippen molar-refractivity contribution < 1.29 is 4.79 Å². The fourth-order valence-electron chi connectivity index (χ4n) is 1.78. The Morgan fingerprint density at radius 2 is 2.06 bits per heavy atom. The number of halogens is 1. The molecule has 0 aliphatic rings. The molecule has 0 saturated carbocycles. The third kappa shape index (κ3) is 5.54. The van der Waals surface area contributed by atoms with Gasteiger partial charge in [0.05, 0.1) is 0 Å². The first kappa shape index (κ1) is 15.0. The lowest BCUT2D eigenvalue weighted by Crippen LogP contribution is -2.29. The largest absolute Gasteiger partial charge is 0.372 e. The van der Waals surface area contributed by atoms with Crippen LogP contribution in [0.4, 0.5) is 5.69 Å². The SMILES string of the molecule is CCN(CCCNC(=O)CCBr)c1ccccc1. The van der Waals surface area contributed by atoms with Crippen molar-refractivity contribution in [3.05, 3.63) is 30.3 Å². The maximum Gasteiger partial charge on any atom is 0.220 e. The van der Waals surface area contributed by atoms with Crippen LogP contribution < -0.4 is 10.2 Å². The molecule has 100 valence electrons. The van der Waals surface area contributed by atoms with Crippen molar-refractivity contribution in [2.75, 3.05) is 29.9 Å². The van der Waals surface area contributed by atoms with E-state index in [4.69, 9.17) is 0 Å². The zero-order chi connectivity index (χ0) is 13.2. The minimum Gasteiger partial charge on any atom is -0.372 e. The van der Waals surface area contributed by atoms with Crippen LogP contribution in [0.3, 0.4) is 0 Å². The first-order chi connectivity index (χ1) is 8.77. The van der Waals surface area contributed by atoms with Gasteiger partial charge in [-0.25, -0.2) is 0 Å². The Hall–Kier alpha value is -1.03. The summed E-state index contributed by atoms with van der Waals surface area (Å²) in [7, 11) is 0. The van der Waals surface area contributed by atoms with Crippen LogP contribution in [0.1, 0.15) is 19.8 Å². The average Bonchev–Trinajstić information content (AvgIpc) is 2.40. The molecule has 1 rings (SSSR count). The van der Waals surface area contributed by atoms with Gasteiger partial charge in [-0.2, -0.15) is 0 Å². The number of hydrogen-bond donors (Lipinski definition) is 1. The third-order valence-corrected chi connectivity index (χ3v) is 3.15. The normalized spacial score (nSPS) is 10.1. The number of rotatable bonds is 8. The zero-order valence-corrected chi connectivity index (χ0v) is 12.4. The summed E-state index contributed by atoms with van der Waals surface area (Å²) in [4.78, 5) is 13.6. The maximum atomic E-state index is 11.3. The van der Waals surface area contributed by atoms with Crippen LogP contribution in [-0.2, 0) is 4.79 Å². The Labute approximate surface area is 118 Å². The number of amides is 1. The minimum absolute atomic E-state index is 0.120. The Morgan fingerprint density at radius 1 is 1.33 bits per heavy atom. The highest BCUT2D eigenvalue weighted by molar-refractivity contribution is 9.09. The van der Waals surface area contributed by atoms with Gasteiger partial charge in [0, 0.05) is 37.1 Å². The lowest BCUT2D eigenvalue weighted by molar-refractivity contribution is -0.120. The summed E-state index contributed by atoms with van der Waals surface area (Å²) < 4.78 is 0. The highest BCUT2D eigenvalue weighted by atomic mass is 79.9. The zero-order valence-electron chi connectivity index (χ0n) is 10.9. The number of benzene rings is 1. The third-order valence-electron chi connectivity index (χ3n) is 2.75. The van der Waals surface area contributed by atoms with Crippen LogP contribution in [0.2, 0.25) is 0 Å². The summed E-state index contributed by atoms with van der Waals surface area (Å²) in [6, 6.07) is 10.4. The van der Waals surface area contributed by atoms with Crippen molar-refractivity contribution in [3.8, 4) is 0 Å². The van der Waals surface area contributed by atoms with Gasteiger partial charge in [0.2, 0.25) is 5.91 Å². The second-order valence-electron chi connectivity index (χ2n) is 4.06. The summed E-state index contributed by atoms with van der Waals surface area (Å²) in [5.74, 6) is 0.120. The summed E-state index contributed by atoms with van der Waals surface area (Å²) in [5.41, 5.74) is 1.24. The standard InChI is InChI=1S/C14H21BrN2O/c1-2-17(13-7-4-3-5-8-13)12-6-11-16-14(18)9-10-15/h3-5,7-8H,2,6,9-12H2,1H3,(H,16,18). The fourth-order valence-corrected chi connectivity index (χ4v) is 2.14. The number of carbonyl (C=O) groups is 1. The Kier molecular flexibility index (Phi) is 7.49. The van der Waals surface area contributed by atoms with E-state index in [0.717, 1.165) is 31.4 Å². The van der Waals surface area contributed by atoms with Gasteiger partial charge in [-0.1, -0.05) is 34.1 Å². The van der Waals surface area contributed by atoms with Gasteiger partial charge in [0.25, 0.3) is 0 Å². The summed E-state index contributed by atoms with van der Waals surface area (Å²) in [5, 5.41) is 3.65. The Balaban J connectivity index is 2.26. The molecule has 1 aromatic rings. The monoisotopic (exact) mass is 312 g/mol. The molecule has 0 bridgehead atoms. The molecule has 4 heteroatoms. The van der Waals surface area contributed by atoms with Gasteiger partial charge >= 0.3 is 0 Å². The number of alkyl halides is 1. The van der Waals surface area contributed by atoms with E-state index >= 15 is 0 Å². The summed E-state index contributed by atoms with van der Waals surface area (Å²) in [6.45, 7) is 4.85. The molecule has 0 heterocycles. The van der Waals surface area contributed by atoms with E-state index in [1.54, 1.807) is 0 Å². The molecular formula is C14H21BrN2O. The molecule has 0 radical (unpaired) electrons. The predicted molar refractivity (Wildman–Crippen MR) is 80.4 cm³/mol. The topological polar surface area (TPSA) is 32.3 Å². The molecule has 0 atom stereocenters. The molecule has 1 amide bonds. The van der Waals surface area contributed by atoms with E-state index in [0.29, 0.717) is 6.42 Å². The van der Waals surface area contributed by atoms with Gasteiger partial charge in [-0.15, -0.1) is 0 Å². The quantitative estimate of drug-likeness (QED) is 0.591. The number of carbonyl (C=O) groups excluding carboxylic acids is 1. The molecule has 1 N–H and O–H groups in total. The fraction of sp³-hybridized carbons (Fsp3) is 0.500.